The normalized spacial score (nSPS) is 29.3. The quantitative estimate of drug-likeness (QED) is 0.840. The summed E-state index contributed by atoms with van der Waals surface area (Å²) in [6, 6.07) is 2.93. The average Bonchev–Trinajstić information content (AvgIpc) is 2.72. The first-order chi connectivity index (χ1) is 9.11. The van der Waals surface area contributed by atoms with Crippen LogP contribution in [0.15, 0.2) is 12.1 Å². The van der Waals surface area contributed by atoms with Gasteiger partial charge in [0.05, 0.1) is 5.02 Å². The minimum atomic E-state index is -0.804. The largest absolute Gasteiger partial charge is 0.347 e. The number of carbonyl (C=O) groups excluding carboxylic acids is 1. The molecule has 3 heterocycles. The molecule has 6 heteroatoms. The number of nitrogens with zero attached hydrogens (tertiary/aromatic N) is 2. The minimum Gasteiger partial charge on any atom is -0.347 e. The molecule has 3 rings (SSSR count). The molecule has 1 aromatic heterocycles. The summed E-state index contributed by atoms with van der Waals surface area (Å²) in [6.07, 6.45) is 2.21. The predicted molar refractivity (Wildman–Crippen MR) is 69.6 cm³/mol. The van der Waals surface area contributed by atoms with Gasteiger partial charge in [-0.25, -0.2) is 4.98 Å². The van der Waals surface area contributed by atoms with E-state index in [2.05, 4.69) is 15.2 Å². The molecule has 0 spiro atoms. The molecule has 1 amide bonds. The number of hydrogen-bond donors (Lipinski definition) is 1. The first kappa shape index (κ1) is 12.8. The van der Waals surface area contributed by atoms with Crippen LogP contribution in [0.1, 0.15) is 23.3 Å². The number of hydrogen-bond acceptors (Lipinski definition) is 3. The van der Waals surface area contributed by atoms with Gasteiger partial charge in [-0.15, -0.1) is 0 Å². The Labute approximate surface area is 115 Å². The van der Waals surface area contributed by atoms with Crippen molar-refractivity contribution in [3.63, 3.8) is 0 Å². The summed E-state index contributed by atoms with van der Waals surface area (Å²) < 4.78 is 13.2. The average molecular weight is 284 g/mol. The molecule has 1 N–H and O–H groups in total. The Balaban J connectivity index is 1.66. The molecular weight excluding hydrogens is 269 g/mol. The molecule has 2 aliphatic rings. The lowest BCUT2D eigenvalue weighted by Crippen LogP contribution is -2.47. The van der Waals surface area contributed by atoms with E-state index in [-0.39, 0.29) is 22.7 Å². The lowest BCUT2D eigenvalue weighted by molar-refractivity contribution is 0.0903. The van der Waals surface area contributed by atoms with E-state index in [4.69, 9.17) is 11.6 Å². The molecule has 2 aliphatic heterocycles. The number of rotatable bonds is 2. The number of aromatic nitrogens is 1. The van der Waals surface area contributed by atoms with Gasteiger partial charge < -0.3 is 10.2 Å². The van der Waals surface area contributed by atoms with Crippen LogP contribution in [0.2, 0.25) is 5.02 Å². The summed E-state index contributed by atoms with van der Waals surface area (Å²) in [6.45, 7) is 3.13. The summed E-state index contributed by atoms with van der Waals surface area (Å²) >= 11 is 5.55. The van der Waals surface area contributed by atoms with Crippen molar-refractivity contribution in [1.29, 1.82) is 0 Å². The summed E-state index contributed by atoms with van der Waals surface area (Å²) in [7, 11) is 0. The smallest absolute Gasteiger partial charge is 0.270 e. The molecule has 1 aromatic rings. The zero-order chi connectivity index (χ0) is 13.4. The lowest BCUT2D eigenvalue weighted by atomic mass is 9.97. The summed E-state index contributed by atoms with van der Waals surface area (Å²) in [5.41, 5.74) is 0.0785. The highest BCUT2D eigenvalue weighted by Gasteiger charge is 2.33. The van der Waals surface area contributed by atoms with E-state index < -0.39 is 5.95 Å². The van der Waals surface area contributed by atoms with Gasteiger partial charge in [-0.05, 0) is 37.4 Å². The van der Waals surface area contributed by atoms with E-state index in [1.165, 1.54) is 18.6 Å². The Bertz CT molecular complexity index is 499. The van der Waals surface area contributed by atoms with Crippen molar-refractivity contribution in [3.8, 4) is 0 Å². The highest BCUT2D eigenvalue weighted by molar-refractivity contribution is 6.30. The van der Waals surface area contributed by atoms with Crippen LogP contribution in [0, 0.1) is 11.9 Å². The highest BCUT2D eigenvalue weighted by atomic mass is 35.5. The van der Waals surface area contributed by atoms with Crippen LogP contribution < -0.4 is 5.32 Å². The third-order valence-electron chi connectivity index (χ3n) is 3.84. The van der Waals surface area contributed by atoms with Gasteiger partial charge in [-0.2, -0.15) is 4.39 Å². The Hall–Kier alpha value is -1.20. The Kier molecular flexibility index (Phi) is 3.41. The van der Waals surface area contributed by atoms with Crippen LogP contribution in [0.5, 0.6) is 0 Å². The van der Waals surface area contributed by atoms with Gasteiger partial charge in [-0.1, -0.05) is 11.6 Å². The summed E-state index contributed by atoms with van der Waals surface area (Å²) in [5, 5.41) is 2.86. The van der Waals surface area contributed by atoms with Crippen molar-refractivity contribution in [2.75, 3.05) is 19.6 Å². The molecule has 0 aromatic carbocycles. The van der Waals surface area contributed by atoms with Gasteiger partial charge in [0, 0.05) is 19.1 Å². The molecule has 3 atom stereocenters. The van der Waals surface area contributed by atoms with E-state index in [0.717, 1.165) is 26.1 Å². The zero-order valence-corrected chi connectivity index (χ0v) is 11.2. The number of amides is 1. The van der Waals surface area contributed by atoms with Crippen molar-refractivity contribution in [2.24, 2.45) is 5.92 Å². The monoisotopic (exact) mass is 283 g/mol. The fourth-order valence-electron chi connectivity index (χ4n) is 2.97. The van der Waals surface area contributed by atoms with Crippen LogP contribution in [-0.4, -0.2) is 41.5 Å². The fraction of sp³-hybridized carbons (Fsp3) is 0.538. The SMILES string of the molecule is O=C(N[C@@H]1C[C@@H]2CCN(C2)C1)c1ccc(Cl)c(F)n1. The highest BCUT2D eigenvalue weighted by Crippen LogP contribution is 2.26. The number of halogens is 2. The number of fused-ring (bicyclic) bond motifs is 2. The molecule has 2 saturated heterocycles. The van der Waals surface area contributed by atoms with Crippen molar-refractivity contribution in [3.05, 3.63) is 28.8 Å². The van der Waals surface area contributed by atoms with E-state index in [9.17, 15) is 9.18 Å². The molecule has 102 valence electrons. The molecule has 19 heavy (non-hydrogen) atoms. The lowest BCUT2D eigenvalue weighted by Gasteiger charge is -2.30. The van der Waals surface area contributed by atoms with Gasteiger partial charge in [0.2, 0.25) is 5.95 Å². The second kappa shape index (κ2) is 5.06. The second-order valence-corrected chi connectivity index (χ2v) is 5.70. The summed E-state index contributed by atoms with van der Waals surface area (Å²) in [4.78, 5) is 17.9. The number of carbonyl (C=O) groups is 1. The van der Waals surface area contributed by atoms with Gasteiger partial charge in [0.1, 0.15) is 5.69 Å². The standard InChI is InChI=1S/C13H15ClFN3O/c14-10-1-2-11(17-12(10)15)13(19)16-9-5-8-3-4-18(6-8)7-9/h1-2,8-9H,3-7H2,(H,16,19)/t8-,9+/m0/s1. The van der Waals surface area contributed by atoms with Crippen LogP contribution in [0.3, 0.4) is 0 Å². The van der Waals surface area contributed by atoms with Gasteiger partial charge >= 0.3 is 0 Å². The predicted octanol–water partition coefficient (Wildman–Crippen LogP) is 1.70. The topological polar surface area (TPSA) is 45.2 Å². The van der Waals surface area contributed by atoms with E-state index >= 15 is 0 Å². The second-order valence-electron chi connectivity index (χ2n) is 5.29. The summed E-state index contributed by atoms with van der Waals surface area (Å²) in [5.74, 6) is -0.459. The van der Waals surface area contributed by atoms with Crippen molar-refractivity contribution in [2.45, 2.75) is 18.9 Å². The maximum atomic E-state index is 13.2. The molecule has 2 fully saturated rings. The Morgan fingerprint density at radius 3 is 3.05 bits per heavy atom. The first-order valence-electron chi connectivity index (χ1n) is 6.47. The van der Waals surface area contributed by atoms with E-state index in [0.29, 0.717) is 5.92 Å². The number of piperidine rings is 1. The maximum absolute atomic E-state index is 13.2. The molecule has 2 bridgehead atoms. The molecule has 1 unspecified atom stereocenters. The maximum Gasteiger partial charge on any atom is 0.270 e. The van der Waals surface area contributed by atoms with Gasteiger partial charge in [0.25, 0.3) is 5.91 Å². The van der Waals surface area contributed by atoms with Crippen molar-refractivity contribution < 1.29 is 9.18 Å². The van der Waals surface area contributed by atoms with Crippen LogP contribution in [0.4, 0.5) is 4.39 Å². The molecule has 4 nitrogen and oxygen atoms in total. The van der Waals surface area contributed by atoms with Crippen LogP contribution >= 0.6 is 11.6 Å². The minimum absolute atomic E-state index is 0.0710. The van der Waals surface area contributed by atoms with Crippen molar-refractivity contribution in [1.82, 2.24) is 15.2 Å². The fourth-order valence-corrected chi connectivity index (χ4v) is 3.07. The van der Waals surface area contributed by atoms with Gasteiger partial charge in [-0.3, -0.25) is 4.79 Å². The zero-order valence-electron chi connectivity index (χ0n) is 10.4. The molecule has 0 radical (unpaired) electrons. The van der Waals surface area contributed by atoms with Crippen molar-refractivity contribution >= 4 is 17.5 Å². The van der Waals surface area contributed by atoms with Crippen LogP contribution in [0.25, 0.3) is 0 Å². The third-order valence-corrected chi connectivity index (χ3v) is 4.12. The molecule has 0 aliphatic carbocycles. The molecular formula is C13H15ClFN3O. The number of nitrogens with one attached hydrogen (secondary N) is 1. The first-order valence-corrected chi connectivity index (χ1v) is 6.85. The number of pyridine rings is 1. The Morgan fingerprint density at radius 1 is 1.47 bits per heavy atom. The van der Waals surface area contributed by atoms with E-state index in [1.54, 1.807) is 0 Å². The Morgan fingerprint density at radius 2 is 2.32 bits per heavy atom. The third kappa shape index (κ3) is 2.72. The van der Waals surface area contributed by atoms with Crippen LogP contribution in [-0.2, 0) is 0 Å². The molecule has 0 saturated carbocycles. The van der Waals surface area contributed by atoms with E-state index in [1.807, 2.05) is 0 Å². The van der Waals surface area contributed by atoms with Gasteiger partial charge in [0.15, 0.2) is 0 Å².